The maximum atomic E-state index is 10.9. The molecule has 1 atom stereocenters. The van der Waals surface area contributed by atoms with E-state index in [0.29, 0.717) is 5.92 Å². The third-order valence-electron chi connectivity index (χ3n) is 3.73. The average molecular weight is 232 g/mol. The summed E-state index contributed by atoms with van der Waals surface area (Å²) in [5.74, 6) is 1.04. The first kappa shape index (κ1) is 10.6. The molecule has 1 saturated carbocycles. The number of carbonyl (C=O) groups is 1. The van der Waals surface area contributed by atoms with Crippen molar-refractivity contribution in [3.05, 3.63) is 29.3 Å². The molecule has 3 heteroatoms. The lowest BCUT2D eigenvalue weighted by Crippen LogP contribution is -2.08. The molecule has 17 heavy (non-hydrogen) atoms. The SMILES string of the molecule is O=C(O)CC(c1ccc2c(c1)CCO2)C1CC1. The molecule has 1 aliphatic heterocycles. The Morgan fingerprint density at radius 2 is 2.29 bits per heavy atom. The smallest absolute Gasteiger partial charge is 0.303 e. The Bertz CT molecular complexity index is 449. The number of fused-ring (bicyclic) bond motifs is 1. The molecule has 1 aromatic rings. The van der Waals surface area contributed by atoms with Crippen LogP contribution in [0.1, 0.15) is 36.3 Å². The Labute approximate surface area is 100 Å². The lowest BCUT2D eigenvalue weighted by atomic mass is 9.89. The minimum Gasteiger partial charge on any atom is -0.493 e. The number of hydrogen-bond donors (Lipinski definition) is 1. The van der Waals surface area contributed by atoms with Gasteiger partial charge in [-0.15, -0.1) is 0 Å². The minimum absolute atomic E-state index is 0.193. The quantitative estimate of drug-likeness (QED) is 0.867. The van der Waals surface area contributed by atoms with Gasteiger partial charge in [0.05, 0.1) is 13.0 Å². The third-order valence-corrected chi connectivity index (χ3v) is 3.73. The van der Waals surface area contributed by atoms with E-state index in [1.165, 1.54) is 24.0 Å². The average Bonchev–Trinajstić information content (AvgIpc) is 3.03. The molecule has 1 fully saturated rings. The molecule has 0 spiro atoms. The van der Waals surface area contributed by atoms with Crippen LogP contribution in [0.3, 0.4) is 0 Å². The standard InChI is InChI=1S/C14H16O3/c15-14(16)8-12(9-1-2-9)10-3-4-13-11(7-10)5-6-17-13/h3-4,7,9,12H,1-2,5-6,8H2,(H,15,16). The van der Waals surface area contributed by atoms with E-state index in [-0.39, 0.29) is 12.3 Å². The van der Waals surface area contributed by atoms with Crippen molar-refractivity contribution in [2.24, 2.45) is 5.92 Å². The summed E-state index contributed by atoms with van der Waals surface area (Å²) in [5.41, 5.74) is 2.41. The number of hydrogen-bond acceptors (Lipinski definition) is 2. The Morgan fingerprint density at radius 3 is 3.00 bits per heavy atom. The van der Waals surface area contributed by atoms with Gasteiger partial charge in [-0.2, -0.15) is 0 Å². The van der Waals surface area contributed by atoms with Crippen molar-refractivity contribution in [1.82, 2.24) is 0 Å². The highest BCUT2D eigenvalue weighted by Gasteiger charge is 2.34. The van der Waals surface area contributed by atoms with Gasteiger partial charge < -0.3 is 9.84 Å². The fourth-order valence-corrected chi connectivity index (χ4v) is 2.68. The zero-order chi connectivity index (χ0) is 11.8. The van der Waals surface area contributed by atoms with Gasteiger partial charge in [0.25, 0.3) is 0 Å². The Morgan fingerprint density at radius 1 is 1.47 bits per heavy atom. The maximum absolute atomic E-state index is 10.9. The van der Waals surface area contributed by atoms with Crippen LogP contribution < -0.4 is 4.74 Å². The topological polar surface area (TPSA) is 46.5 Å². The van der Waals surface area contributed by atoms with Gasteiger partial charge in [0.1, 0.15) is 5.75 Å². The molecule has 0 amide bonds. The van der Waals surface area contributed by atoms with Crippen LogP contribution in [0.25, 0.3) is 0 Å². The molecule has 1 aliphatic carbocycles. The Kier molecular flexibility index (Phi) is 2.54. The van der Waals surface area contributed by atoms with Crippen LogP contribution in [0.5, 0.6) is 5.75 Å². The van der Waals surface area contributed by atoms with Crippen molar-refractivity contribution < 1.29 is 14.6 Å². The molecule has 3 rings (SSSR count). The van der Waals surface area contributed by atoms with Gasteiger partial charge >= 0.3 is 5.97 Å². The van der Waals surface area contributed by atoms with E-state index < -0.39 is 5.97 Å². The summed E-state index contributed by atoms with van der Waals surface area (Å²) in [7, 11) is 0. The summed E-state index contributed by atoms with van der Waals surface area (Å²) in [6.45, 7) is 0.756. The van der Waals surface area contributed by atoms with E-state index >= 15 is 0 Å². The van der Waals surface area contributed by atoms with Crippen molar-refractivity contribution in [3.8, 4) is 5.75 Å². The lowest BCUT2D eigenvalue weighted by molar-refractivity contribution is -0.137. The van der Waals surface area contributed by atoms with Crippen LogP contribution in [0.4, 0.5) is 0 Å². The van der Waals surface area contributed by atoms with Gasteiger partial charge in [-0.05, 0) is 41.9 Å². The summed E-state index contributed by atoms with van der Waals surface area (Å²) >= 11 is 0. The molecule has 1 N–H and O–H groups in total. The second-order valence-corrected chi connectivity index (χ2v) is 5.01. The second kappa shape index (κ2) is 4.06. The highest BCUT2D eigenvalue weighted by Crippen LogP contribution is 2.45. The van der Waals surface area contributed by atoms with E-state index in [0.717, 1.165) is 18.8 Å². The van der Waals surface area contributed by atoms with E-state index in [2.05, 4.69) is 6.07 Å². The highest BCUT2D eigenvalue weighted by molar-refractivity contribution is 5.68. The molecule has 90 valence electrons. The van der Waals surface area contributed by atoms with Crippen LogP contribution in [0.2, 0.25) is 0 Å². The van der Waals surface area contributed by atoms with E-state index in [1.54, 1.807) is 0 Å². The van der Waals surface area contributed by atoms with Crippen molar-refractivity contribution in [2.75, 3.05) is 6.61 Å². The first-order chi connectivity index (χ1) is 8.24. The van der Waals surface area contributed by atoms with Crippen molar-refractivity contribution in [2.45, 2.75) is 31.6 Å². The van der Waals surface area contributed by atoms with Crippen LogP contribution in [-0.2, 0) is 11.2 Å². The number of aliphatic carboxylic acids is 1. The minimum atomic E-state index is -0.696. The van der Waals surface area contributed by atoms with Gasteiger partial charge in [0, 0.05) is 6.42 Å². The maximum Gasteiger partial charge on any atom is 0.303 e. The molecule has 1 unspecified atom stereocenters. The second-order valence-electron chi connectivity index (χ2n) is 5.01. The summed E-state index contributed by atoms with van der Waals surface area (Å²) in [6, 6.07) is 6.18. The van der Waals surface area contributed by atoms with Crippen LogP contribution in [0, 0.1) is 5.92 Å². The molecular formula is C14H16O3. The summed E-state index contributed by atoms with van der Waals surface area (Å²) < 4.78 is 5.47. The van der Waals surface area contributed by atoms with Gasteiger partial charge in [-0.3, -0.25) is 4.79 Å². The Hall–Kier alpha value is -1.51. The van der Waals surface area contributed by atoms with Crippen molar-refractivity contribution in [3.63, 3.8) is 0 Å². The predicted octanol–water partition coefficient (Wildman–Crippen LogP) is 2.59. The molecule has 1 heterocycles. The van der Waals surface area contributed by atoms with Crippen LogP contribution >= 0.6 is 0 Å². The largest absolute Gasteiger partial charge is 0.493 e. The lowest BCUT2D eigenvalue weighted by Gasteiger charge is -2.15. The first-order valence-corrected chi connectivity index (χ1v) is 6.21. The van der Waals surface area contributed by atoms with E-state index in [1.807, 2.05) is 12.1 Å². The van der Waals surface area contributed by atoms with Gasteiger partial charge in [0.15, 0.2) is 0 Å². The summed E-state index contributed by atoms with van der Waals surface area (Å²) in [5, 5.41) is 8.99. The van der Waals surface area contributed by atoms with Crippen LogP contribution in [0.15, 0.2) is 18.2 Å². The number of ether oxygens (including phenoxy) is 1. The predicted molar refractivity (Wildman–Crippen MR) is 63.4 cm³/mol. The van der Waals surface area contributed by atoms with Gasteiger partial charge in [-0.1, -0.05) is 12.1 Å². The zero-order valence-corrected chi connectivity index (χ0v) is 9.69. The van der Waals surface area contributed by atoms with E-state index in [9.17, 15) is 4.79 Å². The van der Waals surface area contributed by atoms with Crippen molar-refractivity contribution >= 4 is 5.97 Å². The molecule has 1 aromatic carbocycles. The van der Waals surface area contributed by atoms with Gasteiger partial charge in [-0.25, -0.2) is 0 Å². The monoisotopic (exact) mass is 232 g/mol. The highest BCUT2D eigenvalue weighted by atomic mass is 16.5. The van der Waals surface area contributed by atoms with Gasteiger partial charge in [0.2, 0.25) is 0 Å². The third kappa shape index (κ3) is 2.14. The molecular weight excluding hydrogens is 216 g/mol. The molecule has 3 nitrogen and oxygen atoms in total. The van der Waals surface area contributed by atoms with Crippen LogP contribution in [-0.4, -0.2) is 17.7 Å². The summed E-state index contributed by atoms with van der Waals surface area (Å²) in [4.78, 5) is 10.9. The number of benzene rings is 1. The first-order valence-electron chi connectivity index (χ1n) is 6.21. The fraction of sp³-hybridized carbons (Fsp3) is 0.500. The molecule has 2 aliphatic rings. The normalized spacial score (nSPS) is 19.5. The van der Waals surface area contributed by atoms with Crippen molar-refractivity contribution in [1.29, 1.82) is 0 Å². The molecule has 0 aromatic heterocycles. The fourth-order valence-electron chi connectivity index (χ4n) is 2.68. The molecule has 0 radical (unpaired) electrons. The Balaban J connectivity index is 1.87. The zero-order valence-electron chi connectivity index (χ0n) is 9.69. The summed E-state index contributed by atoms with van der Waals surface area (Å²) in [6.07, 6.45) is 3.55. The molecule has 0 bridgehead atoms. The van der Waals surface area contributed by atoms with E-state index in [4.69, 9.17) is 9.84 Å². The number of rotatable bonds is 4. The number of carboxylic acid groups (broad SMARTS) is 1. The number of carboxylic acids is 1. The molecule has 0 saturated heterocycles.